The molecule has 3 rings (SSSR count). The van der Waals surface area contributed by atoms with Gasteiger partial charge in [-0.15, -0.1) is 0 Å². The monoisotopic (exact) mass is 414 g/mol. The third kappa shape index (κ3) is 4.70. The molecule has 0 saturated carbocycles. The van der Waals surface area contributed by atoms with Crippen molar-refractivity contribution in [2.24, 2.45) is 5.92 Å². The van der Waals surface area contributed by atoms with E-state index in [-0.39, 0.29) is 17.9 Å². The molecule has 1 aliphatic heterocycles. The number of nitrogens with one attached hydrogen (secondary N) is 1. The first-order valence-corrected chi connectivity index (χ1v) is 11.6. The number of piperidine rings is 1. The minimum Gasteiger partial charge on any atom is -0.349 e. The molecule has 1 fully saturated rings. The molecule has 6 heteroatoms. The van der Waals surface area contributed by atoms with Crippen LogP contribution in [0.5, 0.6) is 0 Å². The predicted molar refractivity (Wildman–Crippen MR) is 115 cm³/mol. The van der Waals surface area contributed by atoms with Crippen LogP contribution in [-0.4, -0.2) is 31.7 Å². The second-order valence-corrected chi connectivity index (χ2v) is 9.92. The summed E-state index contributed by atoms with van der Waals surface area (Å²) in [4.78, 5) is 13.1. The number of carbonyl (C=O) groups excluding carboxylic acids is 1. The summed E-state index contributed by atoms with van der Waals surface area (Å²) in [5, 5.41) is 3.07. The zero-order valence-corrected chi connectivity index (χ0v) is 18.4. The van der Waals surface area contributed by atoms with Crippen molar-refractivity contribution in [1.29, 1.82) is 0 Å². The summed E-state index contributed by atoms with van der Waals surface area (Å²) in [7, 11) is -3.55. The van der Waals surface area contributed by atoms with Gasteiger partial charge in [-0.25, -0.2) is 8.42 Å². The van der Waals surface area contributed by atoms with E-state index in [2.05, 4.69) is 5.32 Å². The average Bonchev–Trinajstić information content (AvgIpc) is 2.67. The molecule has 0 aliphatic carbocycles. The number of aryl methyl sites for hydroxylation is 3. The first-order valence-electron chi connectivity index (χ1n) is 10.1. The standard InChI is InChI=1S/C23H30N2O3S/c1-16-14-17(2)22(18(3)15-16)29(27,28)25-12-10-21(11-13-25)23(26)24-19(4)20-8-6-5-7-9-20/h5-9,14-15,19,21H,10-13H2,1-4H3,(H,24,26)/t19-/m1/s1. The van der Waals surface area contributed by atoms with Crippen molar-refractivity contribution in [2.75, 3.05) is 13.1 Å². The van der Waals surface area contributed by atoms with E-state index in [9.17, 15) is 13.2 Å². The Morgan fingerprint density at radius 2 is 1.59 bits per heavy atom. The van der Waals surface area contributed by atoms with Gasteiger partial charge in [-0.2, -0.15) is 4.31 Å². The molecule has 1 N–H and O–H groups in total. The molecule has 0 unspecified atom stereocenters. The number of carbonyl (C=O) groups is 1. The molecule has 1 aliphatic rings. The van der Waals surface area contributed by atoms with Crippen LogP contribution in [0.3, 0.4) is 0 Å². The largest absolute Gasteiger partial charge is 0.349 e. The topological polar surface area (TPSA) is 66.5 Å². The van der Waals surface area contributed by atoms with Gasteiger partial charge in [0, 0.05) is 19.0 Å². The summed E-state index contributed by atoms with van der Waals surface area (Å²) < 4.78 is 27.9. The van der Waals surface area contributed by atoms with Crippen molar-refractivity contribution >= 4 is 15.9 Å². The molecule has 0 bridgehead atoms. The molecule has 5 nitrogen and oxygen atoms in total. The van der Waals surface area contributed by atoms with E-state index >= 15 is 0 Å². The summed E-state index contributed by atoms with van der Waals surface area (Å²) in [5.74, 6) is -0.158. The highest BCUT2D eigenvalue weighted by molar-refractivity contribution is 7.89. The molecular formula is C23H30N2O3S. The van der Waals surface area contributed by atoms with Crippen LogP contribution >= 0.6 is 0 Å². The van der Waals surface area contributed by atoms with Gasteiger partial charge in [-0.05, 0) is 57.2 Å². The van der Waals surface area contributed by atoms with Gasteiger partial charge in [0.05, 0.1) is 10.9 Å². The number of rotatable bonds is 5. The summed E-state index contributed by atoms with van der Waals surface area (Å²) in [6, 6.07) is 13.6. The Kier molecular flexibility index (Phi) is 6.44. The summed E-state index contributed by atoms with van der Waals surface area (Å²) in [6.45, 7) is 8.36. The Morgan fingerprint density at radius 1 is 1.03 bits per heavy atom. The van der Waals surface area contributed by atoms with Crippen molar-refractivity contribution in [3.8, 4) is 0 Å². The van der Waals surface area contributed by atoms with Crippen molar-refractivity contribution < 1.29 is 13.2 Å². The third-order valence-electron chi connectivity index (χ3n) is 5.69. The van der Waals surface area contributed by atoms with E-state index in [1.165, 1.54) is 4.31 Å². The van der Waals surface area contributed by atoms with Crippen LogP contribution in [0.25, 0.3) is 0 Å². The van der Waals surface area contributed by atoms with Crippen molar-refractivity contribution in [2.45, 2.75) is 51.5 Å². The van der Waals surface area contributed by atoms with Crippen LogP contribution in [0.15, 0.2) is 47.4 Å². The van der Waals surface area contributed by atoms with E-state index < -0.39 is 10.0 Å². The highest BCUT2D eigenvalue weighted by Gasteiger charge is 2.34. The minimum atomic E-state index is -3.55. The SMILES string of the molecule is Cc1cc(C)c(S(=O)(=O)N2CCC(C(=O)N[C@H](C)c3ccccc3)CC2)c(C)c1. The normalized spacial score (nSPS) is 17.1. The molecule has 1 saturated heterocycles. The average molecular weight is 415 g/mol. The van der Waals surface area contributed by atoms with E-state index in [4.69, 9.17) is 0 Å². The van der Waals surface area contributed by atoms with Crippen LogP contribution < -0.4 is 5.32 Å². The molecule has 0 aromatic heterocycles. The Labute approximate surface area is 174 Å². The first kappa shape index (κ1) is 21.5. The molecule has 0 spiro atoms. The number of benzene rings is 2. The van der Waals surface area contributed by atoms with Crippen LogP contribution in [0.2, 0.25) is 0 Å². The number of nitrogens with zero attached hydrogens (tertiary/aromatic N) is 1. The van der Waals surface area contributed by atoms with Gasteiger partial charge >= 0.3 is 0 Å². The maximum absolute atomic E-state index is 13.2. The quantitative estimate of drug-likeness (QED) is 0.807. The first-order chi connectivity index (χ1) is 13.7. The molecular weight excluding hydrogens is 384 g/mol. The highest BCUT2D eigenvalue weighted by Crippen LogP contribution is 2.29. The van der Waals surface area contributed by atoms with Gasteiger partial charge in [0.1, 0.15) is 0 Å². The van der Waals surface area contributed by atoms with Gasteiger partial charge in [0.2, 0.25) is 15.9 Å². The lowest BCUT2D eigenvalue weighted by molar-refractivity contribution is -0.126. The Balaban J connectivity index is 1.65. The van der Waals surface area contributed by atoms with Crippen LogP contribution in [0.1, 0.15) is 48.1 Å². The van der Waals surface area contributed by atoms with Crippen LogP contribution in [0.4, 0.5) is 0 Å². The molecule has 2 aromatic rings. The minimum absolute atomic E-state index is 0.00102. The van der Waals surface area contributed by atoms with Gasteiger partial charge in [0.15, 0.2) is 0 Å². The molecule has 29 heavy (non-hydrogen) atoms. The molecule has 1 heterocycles. The summed E-state index contributed by atoms with van der Waals surface area (Å²) >= 11 is 0. The molecule has 2 aromatic carbocycles. The zero-order valence-electron chi connectivity index (χ0n) is 17.6. The lowest BCUT2D eigenvalue weighted by Gasteiger charge is -2.32. The van der Waals surface area contributed by atoms with Crippen molar-refractivity contribution in [3.63, 3.8) is 0 Å². The maximum Gasteiger partial charge on any atom is 0.243 e. The van der Waals surface area contributed by atoms with E-state index in [1.54, 1.807) is 0 Å². The number of hydrogen-bond donors (Lipinski definition) is 1. The zero-order chi connectivity index (χ0) is 21.2. The second kappa shape index (κ2) is 8.67. The van der Waals surface area contributed by atoms with Crippen LogP contribution in [-0.2, 0) is 14.8 Å². The summed E-state index contributed by atoms with van der Waals surface area (Å²) in [5.41, 5.74) is 3.67. The van der Waals surface area contributed by atoms with Gasteiger partial charge in [-0.1, -0.05) is 48.0 Å². The van der Waals surface area contributed by atoms with E-state index in [1.807, 2.05) is 70.2 Å². The fourth-order valence-electron chi connectivity index (χ4n) is 4.22. The lowest BCUT2D eigenvalue weighted by atomic mass is 9.96. The van der Waals surface area contributed by atoms with Crippen LogP contribution in [0, 0.1) is 26.7 Å². The summed E-state index contributed by atoms with van der Waals surface area (Å²) in [6.07, 6.45) is 1.08. The molecule has 1 atom stereocenters. The van der Waals surface area contributed by atoms with Crippen molar-refractivity contribution in [1.82, 2.24) is 9.62 Å². The maximum atomic E-state index is 13.2. The number of amides is 1. The van der Waals surface area contributed by atoms with E-state index in [0.29, 0.717) is 30.8 Å². The Hall–Kier alpha value is -2.18. The van der Waals surface area contributed by atoms with Gasteiger partial charge < -0.3 is 5.32 Å². The number of hydrogen-bond acceptors (Lipinski definition) is 3. The lowest BCUT2D eigenvalue weighted by Crippen LogP contribution is -2.43. The van der Waals surface area contributed by atoms with Gasteiger partial charge in [-0.3, -0.25) is 4.79 Å². The fraction of sp³-hybridized carbons (Fsp3) is 0.435. The Morgan fingerprint density at radius 3 is 2.14 bits per heavy atom. The third-order valence-corrected chi connectivity index (χ3v) is 7.89. The van der Waals surface area contributed by atoms with Crippen molar-refractivity contribution in [3.05, 3.63) is 64.7 Å². The number of sulfonamides is 1. The smallest absolute Gasteiger partial charge is 0.243 e. The molecule has 0 radical (unpaired) electrons. The second-order valence-electron chi connectivity index (χ2n) is 8.05. The molecule has 1 amide bonds. The Bertz CT molecular complexity index is 955. The van der Waals surface area contributed by atoms with E-state index in [0.717, 1.165) is 22.3 Å². The molecule has 156 valence electrons. The predicted octanol–water partition coefficient (Wildman–Crippen LogP) is 3.89. The van der Waals surface area contributed by atoms with Gasteiger partial charge in [0.25, 0.3) is 0 Å². The highest BCUT2D eigenvalue weighted by atomic mass is 32.2. The fourth-order valence-corrected chi connectivity index (χ4v) is 6.10.